The Bertz CT molecular complexity index is 1030. The first kappa shape index (κ1) is 17.2. The van der Waals surface area contributed by atoms with Crippen LogP contribution in [0, 0.1) is 0 Å². The number of thioether (sulfide) groups is 1. The van der Waals surface area contributed by atoms with Crippen LogP contribution in [0.3, 0.4) is 0 Å². The summed E-state index contributed by atoms with van der Waals surface area (Å²) >= 11 is 2.26. The van der Waals surface area contributed by atoms with Crippen LogP contribution >= 0.6 is 23.1 Å². The molecular formula is C14H13N5O4S2. The molecule has 0 unspecified atom stereocenters. The number of hydrogen-bond donors (Lipinski definition) is 3. The predicted octanol–water partition coefficient (Wildman–Crippen LogP) is 1.20. The molecule has 1 amide bonds. The molecule has 3 N–H and O–H groups in total. The molecule has 0 aliphatic rings. The number of nitrogens with one attached hydrogen (secondary N) is 3. The summed E-state index contributed by atoms with van der Waals surface area (Å²) in [5.41, 5.74) is -0.595. The lowest BCUT2D eigenvalue weighted by Gasteiger charge is -2.00. The van der Waals surface area contributed by atoms with Crippen molar-refractivity contribution in [3.05, 3.63) is 39.0 Å². The number of H-pyrrole nitrogens is 2. The zero-order valence-electron chi connectivity index (χ0n) is 13.0. The van der Waals surface area contributed by atoms with Gasteiger partial charge in [0.25, 0.3) is 5.56 Å². The Hall–Kier alpha value is -2.66. The van der Waals surface area contributed by atoms with Gasteiger partial charge in [-0.3, -0.25) is 14.6 Å². The molecule has 130 valence electrons. The molecular weight excluding hydrogens is 366 g/mol. The second-order valence-corrected chi connectivity index (χ2v) is 6.73. The Kier molecular flexibility index (Phi) is 5.14. The van der Waals surface area contributed by atoms with Gasteiger partial charge in [0.15, 0.2) is 10.2 Å². The maximum atomic E-state index is 12.0. The predicted molar refractivity (Wildman–Crippen MR) is 95.6 cm³/mol. The van der Waals surface area contributed by atoms with Gasteiger partial charge in [0, 0.05) is 6.07 Å². The Morgan fingerprint density at radius 1 is 1.40 bits per heavy atom. The summed E-state index contributed by atoms with van der Waals surface area (Å²) in [5, 5.41) is 8.85. The van der Waals surface area contributed by atoms with Gasteiger partial charge < -0.3 is 10.1 Å². The van der Waals surface area contributed by atoms with Crippen LogP contribution in [-0.4, -0.2) is 38.4 Å². The number of aromatic amines is 2. The summed E-state index contributed by atoms with van der Waals surface area (Å²) in [6, 6.07) is 5.54. The van der Waals surface area contributed by atoms with E-state index >= 15 is 0 Å². The fraction of sp³-hybridized carbons (Fsp3) is 0.214. The van der Waals surface area contributed by atoms with Gasteiger partial charge in [-0.1, -0.05) is 23.1 Å². The van der Waals surface area contributed by atoms with Gasteiger partial charge in [-0.25, -0.2) is 14.9 Å². The molecule has 0 fully saturated rings. The van der Waals surface area contributed by atoms with Crippen LogP contribution in [0.5, 0.6) is 5.75 Å². The second kappa shape index (κ2) is 7.49. The van der Waals surface area contributed by atoms with E-state index in [9.17, 15) is 14.4 Å². The minimum absolute atomic E-state index is 0.0143. The number of carbonyl (C=O) groups excluding carboxylic acids is 1. The van der Waals surface area contributed by atoms with Crippen molar-refractivity contribution in [3.63, 3.8) is 0 Å². The molecule has 9 nitrogen and oxygen atoms in total. The summed E-state index contributed by atoms with van der Waals surface area (Å²) in [7, 11) is 0. The van der Waals surface area contributed by atoms with E-state index < -0.39 is 11.2 Å². The number of benzene rings is 1. The molecule has 11 heteroatoms. The quantitative estimate of drug-likeness (QED) is 0.549. The van der Waals surface area contributed by atoms with Gasteiger partial charge in [-0.15, -0.1) is 0 Å². The van der Waals surface area contributed by atoms with Gasteiger partial charge in [0.2, 0.25) is 5.91 Å². The van der Waals surface area contributed by atoms with Crippen LogP contribution in [0.25, 0.3) is 10.2 Å². The van der Waals surface area contributed by atoms with Crippen LogP contribution in [0.15, 0.2) is 32.8 Å². The number of nitrogens with zero attached hydrogens (tertiary/aromatic N) is 2. The maximum absolute atomic E-state index is 12.0. The highest BCUT2D eigenvalue weighted by molar-refractivity contribution is 7.99. The normalized spacial score (nSPS) is 10.8. The highest BCUT2D eigenvalue weighted by Gasteiger charge is 2.11. The zero-order chi connectivity index (χ0) is 17.8. The monoisotopic (exact) mass is 379 g/mol. The number of hydrogen-bond acceptors (Lipinski definition) is 8. The van der Waals surface area contributed by atoms with Crippen molar-refractivity contribution < 1.29 is 9.53 Å². The molecule has 0 bridgehead atoms. The van der Waals surface area contributed by atoms with Crippen molar-refractivity contribution in [2.45, 2.75) is 11.9 Å². The number of thiazole rings is 1. The smallest absolute Gasteiger partial charge is 0.342 e. The molecule has 25 heavy (non-hydrogen) atoms. The molecule has 0 saturated heterocycles. The molecule has 2 aromatic heterocycles. The first-order chi connectivity index (χ1) is 12.0. The Morgan fingerprint density at radius 2 is 2.24 bits per heavy atom. The molecule has 2 heterocycles. The molecule has 0 saturated carbocycles. The zero-order valence-corrected chi connectivity index (χ0v) is 14.6. The Balaban J connectivity index is 1.65. The number of aromatic nitrogens is 4. The van der Waals surface area contributed by atoms with E-state index in [0.717, 1.165) is 27.7 Å². The number of anilines is 1. The third-order valence-corrected chi connectivity index (χ3v) is 4.85. The average Bonchev–Trinajstić information content (AvgIpc) is 2.95. The topological polar surface area (TPSA) is 130 Å². The first-order valence-electron chi connectivity index (χ1n) is 7.20. The number of fused-ring (bicyclic) bond motifs is 1. The lowest BCUT2D eigenvalue weighted by atomic mass is 10.3. The maximum Gasteiger partial charge on any atom is 0.342 e. The van der Waals surface area contributed by atoms with Crippen molar-refractivity contribution in [2.75, 3.05) is 17.7 Å². The summed E-state index contributed by atoms with van der Waals surface area (Å²) < 4.78 is 6.34. The SMILES string of the molecule is CCOc1ccc2sc(NC(=O)CSc3n[nH]c(=O)[nH]c3=O)nc2c1. The van der Waals surface area contributed by atoms with Crippen LogP contribution in [0.4, 0.5) is 5.13 Å². The lowest BCUT2D eigenvalue weighted by molar-refractivity contribution is -0.113. The highest BCUT2D eigenvalue weighted by atomic mass is 32.2. The fourth-order valence-corrected chi connectivity index (χ4v) is 3.44. The molecule has 3 aromatic rings. The molecule has 0 atom stereocenters. The summed E-state index contributed by atoms with van der Waals surface area (Å²) in [5.74, 6) is 0.348. The molecule has 1 aromatic carbocycles. The van der Waals surface area contributed by atoms with E-state index in [1.54, 1.807) is 0 Å². The summed E-state index contributed by atoms with van der Waals surface area (Å²) in [4.78, 5) is 40.8. The Morgan fingerprint density at radius 3 is 3.00 bits per heavy atom. The largest absolute Gasteiger partial charge is 0.494 e. The van der Waals surface area contributed by atoms with Gasteiger partial charge in [0.1, 0.15) is 5.75 Å². The van der Waals surface area contributed by atoms with Crippen molar-refractivity contribution in [3.8, 4) is 5.75 Å². The number of rotatable bonds is 6. The minimum Gasteiger partial charge on any atom is -0.494 e. The highest BCUT2D eigenvalue weighted by Crippen LogP contribution is 2.29. The van der Waals surface area contributed by atoms with Crippen molar-refractivity contribution in [1.82, 2.24) is 20.2 Å². The number of carbonyl (C=O) groups is 1. The van der Waals surface area contributed by atoms with E-state index in [-0.39, 0.29) is 16.7 Å². The standard InChI is InChI=1S/C14H13N5O4S2/c1-2-23-7-3-4-9-8(5-7)15-14(25-9)16-10(20)6-24-12-11(21)17-13(22)19-18-12/h3-5H,2,6H2,1H3,(H,15,16,20)(H2,17,19,21,22). The molecule has 3 rings (SSSR count). The molecule has 0 radical (unpaired) electrons. The lowest BCUT2D eigenvalue weighted by Crippen LogP contribution is -2.25. The number of ether oxygens (including phenoxy) is 1. The average molecular weight is 379 g/mol. The van der Waals surface area contributed by atoms with Crippen LogP contribution in [0.1, 0.15) is 6.92 Å². The molecule has 0 aliphatic carbocycles. The first-order valence-corrected chi connectivity index (χ1v) is 9.00. The molecule has 0 spiro atoms. The van der Waals surface area contributed by atoms with Crippen molar-refractivity contribution >= 4 is 44.4 Å². The van der Waals surface area contributed by atoms with Gasteiger partial charge in [-0.2, -0.15) is 5.10 Å². The van der Waals surface area contributed by atoms with E-state index in [1.165, 1.54) is 11.3 Å². The summed E-state index contributed by atoms with van der Waals surface area (Å²) in [6.45, 7) is 2.46. The van der Waals surface area contributed by atoms with E-state index in [2.05, 4.69) is 20.5 Å². The second-order valence-electron chi connectivity index (χ2n) is 4.73. The summed E-state index contributed by atoms with van der Waals surface area (Å²) in [6.07, 6.45) is 0. The fourth-order valence-electron chi connectivity index (χ4n) is 1.94. The van der Waals surface area contributed by atoms with Crippen molar-refractivity contribution in [2.24, 2.45) is 0 Å². The van der Waals surface area contributed by atoms with E-state index in [4.69, 9.17) is 4.74 Å². The third-order valence-electron chi connectivity index (χ3n) is 2.94. The molecule has 0 aliphatic heterocycles. The van der Waals surface area contributed by atoms with Crippen LogP contribution in [-0.2, 0) is 4.79 Å². The Labute approximate surface area is 148 Å². The van der Waals surface area contributed by atoms with Gasteiger partial charge in [0.05, 0.1) is 22.6 Å². The van der Waals surface area contributed by atoms with Gasteiger partial charge in [-0.05, 0) is 19.1 Å². The van der Waals surface area contributed by atoms with Crippen molar-refractivity contribution in [1.29, 1.82) is 0 Å². The number of amides is 1. The van der Waals surface area contributed by atoms with E-state index in [1.807, 2.05) is 30.1 Å². The van der Waals surface area contributed by atoms with E-state index in [0.29, 0.717) is 11.7 Å². The minimum atomic E-state index is -0.695. The van der Waals surface area contributed by atoms with Crippen LogP contribution in [0.2, 0.25) is 0 Å². The van der Waals surface area contributed by atoms with Crippen LogP contribution < -0.4 is 21.3 Å². The third kappa shape index (κ3) is 4.25. The van der Waals surface area contributed by atoms with Gasteiger partial charge >= 0.3 is 5.69 Å².